The van der Waals surface area contributed by atoms with Crippen LogP contribution >= 0.6 is 11.3 Å². The van der Waals surface area contributed by atoms with Gasteiger partial charge in [0.1, 0.15) is 5.82 Å². The molecule has 166 valence electrons. The Balaban J connectivity index is 1.37. The van der Waals surface area contributed by atoms with Crippen LogP contribution in [-0.2, 0) is 14.3 Å². The number of thiazole rings is 1. The Labute approximate surface area is 186 Å². The van der Waals surface area contributed by atoms with Gasteiger partial charge < -0.3 is 14.5 Å². The molecule has 0 bridgehead atoms. The molecule has 3 fully saturated rings. The predicted octanol–water partition coefficient (Wildman–Crippen LogP) is 3.35. The summed E-state index contributed by atoms with van der Waals surface area (Å²) in [4.78, 5) is 39.2. The summed E-state index contributed by atoms with van der Waals surface area (Å²) in [5.74, 6) is 0.882. The van der Waals surface area contributed by atoms with Crippen molar-refractivity contribution in [3.05, 3.63) is 17.8 Å². The summed E-state index contributed by atoms with van der Waals surface area (Å²) in [6, 6.07) is 1.92. The van der Waals surface area contributed by atoms with Gasteiger partial charge in [-0.1, -0.05) is 27.2 Å². The van der Waals surface area contributed by atoms with Gasteiger partial charge in [0.2, 0.25) is 5.91 Å². The standard InChI is InChI=1S/C23H30N4O3S/c1-4-5-8-30-21(29)16-10-26(19-18-17(6-7-24-19)25-14-31-18)11-23(16)12-27(13-23)20(28)15-9-22(15,2)3/h6-7,14-16H,4-5,8-13H2,1-3H3/t15-,16?/m1/s1. The number of nitrogens with zero attached hydrogens (tertiary/aromatic N) is 4. The van der Waals surface area contributed by atoms with Crippen LogP contribution in [0.5, 0.6) is 0 Å². The average molecular weight is 443 g/mol. The third-order valence-corrected chi connectivity index (χ3v) is 8.17. The van der Waals surface area contributed by atoms with E-state index < -0.39 is 0 Å². The zero-order valence-corrected chi connectivity index (χ0v) is 19.3. The molecule has 31 heavy (non-hydrogen) atoms. The normalized spacial score (nSPS) is 25.6. The maximum atomic E-state index is 13.1. The topological polar surface area (TPSA) is 75.6 Å². The maximum Gasteiger partial charge on any atom is 0.311 e. The fourth-order valence-electron chi connectivity index (χ4n) is 5.17. The number of anilines is 1. The molecule has 2 aliphatic heterocycles. The van der Waals surface area contributed by atoms with Gasteiger partial charge in [-0.25, -0.2) is 9.97 Å². The quantitative estimate of drug-likeness (QED) is 0.505. The summed E-state index contributed by atoms with van der Waals surface area (Å²) in [5.41, 5.74) is 2.62. The number of likely N-dealkylation sites (tertiary alicyclic amines) is 1. The highest BCUT2D eigenvalue weighted by molar-refractivity contribution is 7.17. The average Bonchev–Trinajstić information content (AvgIpc) is 3.09. The lowest BCUT2D eigenvalue weighted by Crippen LogP contribution is -2.63. The van der Waals surface area contributed by atoms with Crippen LogP contribution in [0.1, 0.15) is 40.0 Å². The van der Waals surface area contributed by atoms with E-state index in [1.807, 2.05) is 16.5 Å². The number of hydrogen-bond donors (Lipinski definition) is 0. The Hall–Kier alpha value is -2.22. The molecule has 1 unspecified atom stereocenters. The van der Waals surface area contributed by atoms with Gasteiger partial charge in [0.15, 0.2) is 0 Å². The Morgan fingerprint density at radius 1 is 1.23 bits per heavy atom. The summed E-state index contributed by atoms with van der Waals surface area (Å²) >= 11 is 1.57. The molecule has 2 atom stereocenters. The number of hydrogen-bond acceptors (Lipinski definition) is 7. The number of fused-ring (bicyclic) bond motifs is 1. The van der Waals surface area contributed by atoms with E-state index in [1.165, 1.54) is 0 Å². The Kier molecular flexibility index (Phi) is 4.95. The molecule has 1 aliphatic carbocycles. The van der Waals surface area contributed by atoms with Crippen molar-refractivity contribution in [3.8, 4) is 0 Å². The number of carbonyl (C=O) groups is 2. The van der Waals surface area contributed by atoms with Crippen molar-refractivity contribution >= 4 is 39.2 Å². The molecular formula is C23H30N4O3S. The molecule has 0 N–H and O–H groups in total. The van der Waals surface area contributed by atoms with E-state index in [4.69, 9.17) is 4.74 Å². The van der Waals surface area contributed by atoms with E-state index in [0.29, 0.717) is 32.8 Å². The van der Waals surface area contributed by atoms with Crippen LogP contribution in [0.4, 0.5) is 5.82 Å². The number of unbranched alkanes of at least 4 members (excludes halogenated alkanes) is 1. The molecule has 0 aromatic carbocycles. The van der Waals surface area contributed by atoms with Crippen LogP contribution in [0.25, 0.3) is 10.2 Å². The number of aromatic nitrogens is 2. The molecular weight excluding hydrogens is 412 g/mol. The van der Waals surface area contributed by atoms with E-state index in [2.05, 4.69) is 35.6 Å². The van der Waals surface area contributed by atoms with Gasteiger partial charge in [0.25, 0.3) is 0 Å². The van der Waals surface area contributed by atoms with Gasteiger partial charge >= 0.3 is 5.97 Å². The number of rotatable bonds is 6. The zero-order valence-electron chi connectivity index (χ0n) is 18.5. The van der Waals surface area contributed by atoms with Gasteiger partial charge in [-0.15, -0.1) is 11.3 Å². The molecule has 5 rings (SSSR count). The fourth-order valence-corrected chi connectivity index (χ4v) is 5.98. The second kappa shape index (κ2) is 7.43. The molecule has 2 aromatic heterocycles. The Morgan fingerprint density at radius 3 is 2.71 bits per heavy atom. The summed E-state index contributed by atoms with van der Waals surface area (Å²) < 4.78 is 6.69. The van der Waals surface area contributed by atoms with Gasteiger partial charge in [-0.3, -0.25) is 9.59 Å². The zero-order chi connectivity index (χ0) is 21.8. The van der Waals surface area contributed by atoms with E-state index >= 15 is 0 Å². The van der Waals surface area contributed by atoms with Gasteiger partial charge in [-0.05, 0) is 24.3 Å². The summed E-state index contributed by atoms with van der Waals surface area (Å²) in [6.45, 7) is 9.39. The Morgan fingerprint density at radius 2 is 2.00 bits per heavy atom. The van der Waals surface area contributed by atoms with Gasteiger partial charge in [-0.2, -0.15) is 0 Å². The van der Waals surface area contributed by atoms with Crippen LogP contribution in [-0.4, -0.2) is 59.5 Å². The molecule has 7 nitrogen and oxygen atoms in total. The molecule has 2 aromatic rings. The third kappa shape index (κ3) is 3.49. The first kappa shape index (κ1) is 20.7. The first-order valence-corrected chi connectivity index (χ1v) is 12.1. The highest BCUT2D eigenvalue weighted by atomic mass is 32.1. The molecule has 2 saturated heterocycles. The highest BCUT2D eigenvalue weighted by Gasteiger charge is 2.62. The minimum absolute atomic E-state index is 0.117. The highest BCUT2D eigenvalue weighted by Crippen LogP contribution is 2.55. The SMILES string of the molecule is CCCCOC(=O)C1CN(c2nccc3ncsc23)CC12CN(C(=O)[C@H]1CC1(C)C)C2. The van der Waals surface area contributed by atoms with Crippen molar-refractivity contribution in [3.63, 3.8) is 0 Å². The first-order chi connectivity index (χ1) is 14.8. The largest absolute Gasteiger partial charge is 0.465 e. The van der Waals surface area contributed by atoms with E-state index in [9.17, 15) is 9.59 Å². The second-order valence-corrected chi connectivity index (χ2v) is 10.9. The van der Waals surface area contributed by atoms with Crippen LogP contribution < -0.4 is 4.90 Å². The molecule has 1 amide bonds. The van der Waals surface area contributed by atoms with Crippen molar-refractivity contribution in [2.75, 3.05) is 37.7 Å². The number of esters is 1. The van der Waals surface area contributed by atoms with Crippen LogP contribution in [0.15, 0.2) is 17.8 Å². The molecule has 1 spiro atoms. The minimum atomic E-state index is -0.257. The summed E-state index contributed by atoms with van der Waals surface area (Å²) in [5, 5.41) is 0. The lowest BCUT2D eigenvalue weighted by Gasteiger charge is -2.50. The minimum Gasteiger partial charge on any atom is -0.465 e. The number of amides is 1. The van der Waals surface area contributed by atoms with E-state index in [1.54, 1.807) is 17.5 Å². The van der Waals surface area contributed by atoms with Crippen molar-refractivity contribution in [2.24, 2.45) is 22.7 Å². The van der Waals surface area contributed by atoms with Crippen molar-refractivity contribution in [1.29, 1.82) is 0 Å². The van der Waals surface area contributed by atoms with Crippen LogP contribution in [0.3, 0.4) is 0 Å². The van der Waals surface area contributed by atoms with Crippen LogP contribution in [0.2, 0.25) is 0 Å². The molecule has 1 saturated carbocycles. The first-order valence-electron chi connectivity index (χ1n) is 11.2. The molecule has 4 heterocycles. The van der Waals surface area contributed by atoms with Gasteiger partial charge in [0, 0.05) is 43.7 Å². The van der Waals surface area contributed by atoms with E-state index in [0.717, 1.165) is 35.3 Å². The third-order valence-electron chi connectivity index (χ3n) is 7.34. The maximum absolute atomic E-state index is 13.1. The smallest absolute Gasteiger partial charge is 0.311 e. The monoisotopic (exact) mass is 442 g/mol. The van der Waals surface area contributed by atoms with Crippen molar-refractivity contribution in [2.45, 2.75) is 40.0 Å². The van der Waals surface area contributed by atoms with Crippen LogP contribution in [0, 0.1) is 22.7 Å². The molecule has 8 heteroatoms. The molecule has 0 radical (unpaired) electrons. The summed E-state index contributed by atoms with van der Waals surface area (Å²) in [6.07, 6.45) is 4.61. The molecule has 3 aliphatic rings. The number of pyridine rings is 1. The number of carbonyl (C=O) groups excluding carboxylic acids is 2. The summed E-state index contributed by atoms with van der Waals surface area (Å²) in [7, 11) is 0. The fraction of sp³-hybridized carbons (Fsp3) is 0.652. The lowest BCUT2D eigenvalue weighted by molar-refractivity contribution is -0.162. The van der Waals surface area contributed by atoms with E-state index in [-0.39, 0.29) is 34.5 Å². The number of ether oxygens (including phenoxy) is 1. The Bertz CT molecular complexity index is 1010. The van der Waals surface area contributed by atoms with Crippen molar-refractivity contribution in [1.82, 2.24) is 14.9 Å². The second-order valence-electron chi connectivity index (χ2n) is 10.1. The lowest BCUT2D eigenvalue weighted by atomic mass is 9.71. The van der Waals surface area contributed by atoms with Crippen molar-refractivity contribution < 1.29 is 14.3 Å². The van der Waals surface area contributed by atoms with Gasteiger partial charge in [0.05, 0.1) is 28.3 Å². The predicted molar refractivity (Wildman–Crippen MR) is 120 cm³/mol.